The van der Waals surface area contributed by atoms with E-state index in [-0.39, 0.29) is 22.6 Å². The number of hydrogen-bond donors (Lipinski definition) is 1. The molecule has 2 heterocycles. The largest absolute Gasteiger partial charge is 0.478 e. The monoisotopic (exact) mass is 307 g/mol. The fourth-order valence-corrected chi connectivity index (χ4v) is 2.13. The summed E-state index contributed by atoms with van der Waals surface area (Å²) < 4.78 is 40.5. The van der Waals surface area contributed by atoms with Crippen molar-refractivity contribution in [1.29, 1.82) is 0 Å². The predicted molar refractivity (Wildman–Crippen MR) is 70.4 cm³/mol. The molecule has 0 saturated heterocycles. The minimum absolute atomic E-state index is 0.000126. The summed E-state index contributed by atoms with van der Waals surface area (Å²) in [6.07, 6.45) is -3.19. The topological polar surface area (TPSA) is 67.5 Å². The summed E-state index contributed by atoms with van der Waals surface area (Å²) in [5, 5.41) is 16.4. The van der Waals surface area contributed by atoms with Gasteiger partial charge in [0.05, 0.1) is 11.1 Å². The van der Waals surface area contributed by atoms with Crippen LogP contribution in [0.3, 0.4) is 0 Å². The molecule has 0 aliphatic rings. The second-order valence-corrected chi connectivity index (χ2v) is 4.52. The Morgan fingerprint density at radius 1 is 1.14 bits per heavy atom. The number of hydrogen-bond acceptors (Lipinski definition) is 3. The standard InChI is InChI=1S/C14H8F3N3O2/c15-14(16,17)10-4-2-1-3-9(10)12-19-18-11-7-8(13(21)22)5-6-20(11)12/h1-7H,(H,21,22). The highest BCUT2D eigenvalue weighted by atomic mass is 19.4. The Labute approximate surface area is 121 Å². The van der Waals surface area contributed by atoms with E-state index in [1.54, 1.807) is 0 Å². The molecule has 112 valence electrons. The normalized spacial score (nSPS) is 11.8. The first-order valence-electron chi connectivity index (χ1n) is 6.12. The van der Waals surface area contributed by atoms with Crippen LogP contribution in [0.25, 0.3) is 17.0 Å². The lowest BCUT2D eigenvalue weighted by Crippen LogP contribution is -2.08. The summed E-state index contributed by atoms with van der Waals surface area (Å²) in [6.45, 7) is 0. The maximum Gasteiger partial charge on any atom is 0.417 e. The first-order valence-corrected chi connectivity index (χ1v) is 6.12. The van der Waals surface area contributed by atoms with Gasteiger partial charge in [-0.05, 0) is 18.2 Å². The molecular formula is C14H8F3N3O2. The van der Waals surface area contributed by atoms with Crippen LogP contribution >= 0.6 is 0 Å². The number of aromatic nitrogens is 3. The van der Waals surface area contributed by atoms with Crippen LogP contribution in [0, 0.1) is 0 Å². The zero-order valence-electron chi connectivity index (χ0n) is 10.9. The van der Waals surface area contributed by atoms with Gasteiger partial charge in [-0.2, -0.15) is 13.2 Å². The van der Waals surface area contributed by atoms with E-state index >= 15 is 0 Å². The highest BCUT2D eigenvalue weighted by Crippen LogP contribution is 2.36. The molecule has 3 aromatic rings. The minimum atomic E-state index is -4.52. The molecule has 0 spiro atoms. The molecule has 1 N–H and O–H groups in total. The molecule has 0 fully saturated rings. The lowest BCUT2D eigenvalue weighted by atomic mass is 10.1. The molecule has 0 saturated carbocycles. The number of nitrogens with zero attached hydrogens (tertiary/aromatic N) is 3. The second-order valence-electron chi connectivity index (χ2n) is 4.52. The average Bonchev–Trinajstić information content (AvgIpc) is 2.89. The Balaban J connectivity index is 2.22. The summed E-state index contributed by atoms with van der Waals surface area (Å²) in [6, 6.07) is 7.54. The molecule has 0 aliphatic carbocycles. The highest BCUT2D eigenvalue weighted by Gasteiger charge is 2.34. The van der Waals surface area contributed by atoms with Crippen molar-refractivity contribution < 1.29 is 23.1 Å². The van der Waals surface area contributed by atoms with Crippen molar-refractivity contribution >= 4 is 11.6 Å². The van der Waals surface area contributed by atoms with Gasteiger partial charge < -0.3 is 5.11 Å². The number of aromatic carboxylic acids is 1. The third-order valence-corrected chi connectivity index (χ3v) is 3.13. The fourth-order valence-electron chi connectivity index (χ4n) is 2.13. The zero-order chi connectivity index (χ0) is 15.9. The van der Waals surface area contributed by atoms with Crippen molar-refractivity contribution in [3.8, 4) is 11.4 Å². The molecule has 0 atom stereocenters. The number of rotatable bonds is 2. The zero-order valence-corrected chi connectivity index (χ0v) is 10.9. The molecular weight excluding hydrogens is 299 g/mol. The number of carboxylic acid groups (broad SMARTS) is 1. The van der Waals surface area contributed by atoms with E-state index in [4.69, 9.17) is 5.11 Å². The van der Waals surface area contributed by atoms with Crippen molar-refractivity contribution in [2.75, 3.05) is 0 Å². The van der Waals surface area contributed by atoms with Crippen LogP contribution in [0.1, 0.15) is 15.9 Å². The highest BCUT2D eigenvalue weighted by molar-refractivity contribution is 5.88. The van der Waals surface area contributed by atoms with E-state index in [1.165, 1.54) is 40.9 Å². The summed E-state index contributed by atoms with van der Waals surface area (Å²) >= 11 is 0. The van der Waals surface area contributed by atoms with Gasteiger partial charge in [0.2, 0.25) is 0 Å². The van der Waals surface area contributed by atoms with Crippen molar-refractivity contribution in [2.45, 2.75) is 6.18 Å². The number of benzene rings is 1. The molecule has 0 aliphatic heterocycles. The third kappa shape index (κ3) is 2.28. The van der Waals surface area contributed by atoms with Crippen molar-refractivity contribution in [1.82, 2.24) is 14.6 Å². The lowest BCUT2D eigenvalue weighted by molar-refractivity contribution is -0.137. The molecule has 5 nitrogen and oxygen atoms in total. The van der Waals surface area contributed by atoms with Gasteiger partial charge in [-0.3, -0.25) is 4.40 Å². The maximum absolute atomic E-state index is 13.1. The Kier molecular flexibility index (Phi) is 3.09. The predicted octanol–water partition coefficient (Wildman–Crippen LogP) is 3.11. The van der Waals surface area contributed by atoms with Gasteiger partial charge in [-0.1, -0.05) is 18.2 Å². The molecule has 3 rings (SSSR count). The van der Waals surface area contributed by atoms with Crippen LogP contribution in [0.4, 0.5) is 13.2 Å². The smallest absolute Gasteiger partial charge is 0.417 e. The Morgan fingerprint density at radius 3 is 2.55 bits per heavy atom. The number of halogens is 3. The number of fused-ring (bicyclic) bond motifs is 1. The minimum Gasteiger partial charge on any atom is -0.478 e. The van der Waals surface area contributed by atoms with E-state index in [9.17, 15) is 18.0 Å². The van der Waals surface area contributed by atoms with Gasteiger partial charge in [0.1, 0.15) is 0 Å². The Morgan fingerprint density at radius 2 is 1.86 bits per heavy atom. The van der Waals surface area contributed by atoms with E-state index in [1.807, 2.05) is 0 Å². The summed E-state index contributed by atoms with van der Waals surface area (Å²) in [5.74, 6) is -1.15. The van der Waals surface area contributed by atoms with Crippen LogP contribution in [0.5, 0.6) is 0 Å². The summed E-state index contributed by atoms with van der Waals surface area (Å²) in [5.41, 5.74) is -0.806. The molecule has 1 aromatic carbocycles. The average molecular weight is 307 g/mol. The van der Waals surface area contributed by atoms with Crippen LogP contribution in [-0.4, -0.2) is 25.7 Å². The van der Waals surface area contributed by atoms with Gasteiger partial charge in [-0.25, -0.2) is 4.79 Å². The molecule has 0 unspecified atom stereocenters. The summed E-state index contributed by atoms with van der Waals surface area (Å²) in [4.78, 5) is 10.9. The molecule has 0 radical (unpaired) electrons. The van der Waals surface area contributed by atoms with E-state index < -0.39 is 17.7 Å². The second kappa shape index (κ2) is 4.83. The van der Waals surface area contributed by atoms with Crippen LogP contribution in [-0.2, 0) is 6.18 Å². The van der Waals surface area contributed by atoms with E-state index in [0.717, 1.165) is 6.07 Å². The van der Waals surface area contributed by atoms with Crippen molar-refractivity contribution in [3.63, 3.8) is 0 Å². The van der Waals surface area contributed by atoms with E-state index in [0.29, 0.717) is 0 Å². The quantitative estimate of drug-likeness (QED) is 0.790. The molecule has 0 bridgehead atoms. The van der Waals surface area contributed by atoms with Crippen LogP contribution in [0.15, 0.2) is 42.6 Å². The van der Waals surface area contributed by atoms with Gasteiger partial charge in [0, 0.05) is 11.8 Å². The van der Waals surface area contributed by atoms with Crippen molar-refractivity contribution in [3.05, 3.63) is 53.7 Å². The Bertz CT molecular complexity index is 871. The molecule has 8 heteroatoms. The van der Waals surface area contributed by atoms with Crippen LogP contribution < -0.4 is 0 Å². The SMILES string of the molecule is O=C(O)c1ccn2c(-c3ccccc3C(F)(F)F)nnc2c1. The molecule has 2 aromatic heterocycles. The van der Waals surface area contributed by atoms with Gasteiger partial charge >= 0.3 is 12.1 Å². The van der Waals surface area contributed by atoms with Gasteiger partial charge in [0.15, 0.2) is 11.5 Å². The number of pyridine rings is 1. The summed E-state index contributed by atoms with van der Waals surface area (Å²) in [7, 11) is 0. The van der Waals surface area contributed by atoms with Crippen molar-refractivity contribution in [2.24, 2.45) is 0 Å². The Hall–Kier alpha value is -2.90. The maximum atomic E-state index is 13.1. The first kappa shape index (κ1) is 14.1. The number of carboxylic acids is 1. The van der Waals surface area contributed by atoms with Gasteiger partial charge in [0.25, 0.3) is 0 Å². The first-order chi connectivity index (χ1) is 10.4. The molecule has 0 amide bonds. The van der Waals surface area contributed by atoms with E-state index in [2.05, 4.69) is 10.2 Å². The number of carbonyl (C=O) groups is 1. The van der Waals surface area contributed by atoms with Crippen LogP contribution in [0.2, 0.25) is 0 Å². The fraction of sp³-hybridized carbons (Fsp3) is 0.0714. The number of alkyl halides is 3. The lowest BCUT2D eigenvalue weighted by Gasteiger charge is -2.11. The third-order valence-electron chi connectivity index (χ3n) is 3.13. The van der Waals surface area contributed by atoms with Gasteiger partial charge in [-0.15, -0.1) is 10.2 Å². The molecule has 22 heavy (non-hydrogen) atoms.